The third-order valence-electron chi connectivity index (χ3n) is 2.56. The van der Waals surface area contributed by atoms with Crippen LogP contribution in [0.4, 0.5) is 0 Å². The van der Waals surface area contributed by atoms with Crippen molar-refractivity contribution in [2.24, 2.45) is 5.92 Å². The summed E-state index contributed by atoms with van der Waals surface area (Å²) in [6.07, 6.45) is 1.55. The van der Waals surface area contributed by atoms with Crippen LogP contribution in [0.2, 0.25) is 0 Å². The number of carboxylic acid groups (broad SMARTS) is 1. The summed E-state index contributed by atoms with van der Waals surface area (Å²) >= 11 is 0. The highest BCUT2D eigenvalue weighted by molar-refractivity contribution is 5.77. The van der Waals surface area contributed by atoms with Crippen molar-refractivity contribution in [1.29, 1.82) is 0 Å². The molecule has 1 unspecified atom stereocenters. The first-order valence-electron chi connectivity index (χ1n) is 5.71. The maximum atomic E-state index is 11.4. The molecule has 0 aliphatic rings. The molecule has 0 bridgehead atoms. The van der Waals surface area contributed by atoms with E-state index in [1.807, 2.05) is 0 Å². The molecule has 0 aromatic carbocycles. The van der Waals surface area contributed by atoms with Crippen molar-refractivity contribution in [3.05, 3.63) is 24.2 Å². The van der Waals surface area contributed by atoms with Crippen LogP contribution in [0.15, 0.2) is 22.8 Å². The van der Waals surface area contributed by atoms with Crippen LogP contribution in [0.3, 0.4) is 0 Å². The Kier molecular flexibility index (Phi) is 5.38. The number of hydrogen-bond donors (Lipinski definition) is 2. The van der Waals surface area contributed by atoms with E-state index in [1.165, 1.54) is 0 Å². The van der Waals surface area contributed by atoms with Gasteiger partial charge in [0, 0.05) is 13.6 Å². The molecule has 0 radical (unpaired) electrons. The lowest BCUT2D eigenvalue weighted by molar-refractivity contribution is -0.142. The Labute approximate surface area is 106 Å². The van der Waals surface area contributed by atoms with Crippen LogP contribution >= 0.6 is 0 Å². The molecule has 1 rings (SSSR count). The van der Waals surface area contributed by atoms with E-state index in [1.54, 1.807) is 37.3 Å². The van der Waals surface area contributed by atoms with E-state index in [0.717, 1.165) is 0 Å². The van der Waals surface area contributed by atoms with Gasteiger partial charge in [-0.2, -0.15) is 0 Å². The maximum absolute atomic E-state index is 11.4. The molecule has 18 heavy (non-hydrogen) atoms. The second-order valence-corrected chi connectivity index (χ2v) is 4.16. The van der Waals surface area contributed by atoms with Gasteiger partial charge in [-0.05, 0) is 12.1 Å². The van der Waals surface area contributed by atoms with Gasteiger partial charge in [-0.25, -0.2) is 0 Å². The Morgan fingerprint density at radius 1 is 1.56 bits per heavy atom. The number of nitrogens with one attached hydrogen (secondary N) is 1. The van der Waals surface area contributed by atoms with E-state index in [9.17, 15) is 9.59 Å². The van der Waals surface area contributed by atoms with Gasteiger partial charge in [0.1, 0.15) is 5.76 Å². The van der Waals surface area contributed by atoms with Gasteiger partial charge in [0.2, 0.25) is 5.91 Å². The Bertz CT molecular complexity index is 389. The first-order chi connectivity index (χ1) is 8.52. The lowest BCUT2D eigenvalue weighted by Gasteiger charge is -2.22. The molecule has 0 aliphatic heterocycles. The highest BCUT2D eigenvalue weighted by atomic mass is 16.4. The molecule has 2 N–H and O–H groups in total. The van der Waals surface area contributed by atoms with E-state index >= 15 is 0 Å². The molecule has 100 valence electrons. The predicted molar refractivity (Wildman–Crippen MR) is 64.9 cm³/mol. The van der Waals surface area contributed by atoms with Crippen LogP contribution in [0.25, 0.3) is 0 Å². The number of carboxylic acids is 1. The van der Waals surface area contributed by atoms with Crippen molar-refractivity contribution in [2.75, 3.05) is 20.1 Å². The fraction of sp³-hybridized carbons (Fsp3) is 0.500. The number of furan rings is 1. The summed E-state index contributed by atoms with van der Waals surface area (Å²) in [6, 6.07) is 3.55. The van der Waals surface area contributed by atoms with Gasteiger partial charge >= 0.3 is 5.97 Å². The lowest BCUT2D eigenvalue weighted by Crippen LogP contribution is -2.38. The van der Waals surface area contributed by atoms with Gasteiger partial charge in [0.05, 0.1) is 25.3 Å². The summed E-state index contributed by atoms with van der Waals surface area (Å²) in [7, 11) is 1.55. The average Bonchev–Trinajstić information content (AvgIpc) is 2.81. The molecule has 0 fully saturated rings. The molecule has 0 aliphatic carbocycles. The monoisotopic (exact) mass is 254 g/mol. The lowest BCUT2D eigenvalue weighted by atomic mass is 10.1. The molecule has 0 spiro atoms. The zero-order chi connectivity index (χ0) is 13.5. The maximum Gasteiger partial charge on any atom is 0.307 e. The molecule has 1 amide bonds. The second-order valence-electron chi connectivity index (χ2n) is 4.16. The number of rotatable bonds is 7. The van der Waals surface area contributed by atoms with Crippen molar-refractivity contribution in [3.8, 4) is 0 Å². The number of likely N-dealkylation sites (N-methyl/N-ethyl adjacent to an activating group) is 1. The molecule has 0 saturated carbocycles. The molecule has 6 heteroatoms. The number of aliphatic carboxylic acids is 1. The molecule has 1 aromatic rings. The van der Waals surface area contributed by atoms with E-state index < -0.39 is 11.9 Å². The molecule has 0 saturated heterocycles. The minimum absolute atomic E-state index is 0.148. The van der Waals surface area contributed by atoms with Crippen LogP contribution < -0.4 is 5.32 Å². The number of hydrogen-bond acceptors (Lipinski definition) is 4. The van der Waals surface area contributed by atoms with Gasteiger partial charge in [-0.3, -0.25) is 14.5 Å². The number of carbonyl (C=O) groups is 2. The average molecular weight is 254 g/mol. The van der Waals surface area contributed by atoms with Crippen molar-refractivity contribution in [3.63, 3.8) is 0 Å². The van der Waals surface area contributed by atoms with Crippen molar-refractivity contribution >= 4 is 11.9 Å². The van der Waals surface area contributed by atoms with E-state index in [0.29, 0.717) is 18.8 Å². The predicted octanol–water partition coefficient (Wildman–Crippen LogP) is 0.548. The summed E-state index contributed by atoms with van der Waals surface area (Å²) in [6.45, 7) is 2.47. The van der Waals surface area contributed by atoms with Crippen LogP contribution in [0, 0.1) is 5.92 Å². The quantitative estimate of drug-likeness (QED) is 0.742. The summed E-state index contributed by atoms with van der Waals surface area (Å²) in [5.74, 6) is -0.864. The SMILES string of the molecule is CNC(=O)CN(Cc1ccco1)CC(C)C(=O)O. The van der Waals surface area contributed by atoms with Crippen molar-refractivity contribution in [2.45, 2.75) is 13.5 Å². The first kappa shape index (κ1) is 14.2. The topological polar surface area (TPSA) is 82.8 Å². The zero-order valence-corrected chi connectivity index (χ0v) is 10.5. The van der Waals surface area contributed by atoms with E-state index in [4.69, 9.17) is 9.52 Å². The Hall–Kier alpha value is -1.82. The highest BCUT2D eigenvalue weighted by Crippen LogP contribution is 2.08. The molecular weight excluding hydrogens is 236 g/mol. The summed E-state index contributed by atoms with van der Waals surface area (Å²) in [5.41, 5.74) is 0. The Morgan fingerprint density at radius 2 is 2.28 bits per heavy atom. The van der Waals surface area contributed by atoms with Crippen LogP contribution in [-0.4, -0.2) is 42.0 Å². The van der Waals surface area contributed by atoms with Crippen molar-refractivity contribution < 1.29 is 19.1 Å². The van der Waals surface area contributed by atoms with E-state index in [2.05, 4.69) is 5.32 Å². The summed E-state index contributed by atoms with van der Waals surface area (Å²) in [5, 5.41) is 11.4. The Morgan fingerprint density at radius 3 is 2.78 bits per heavy atom. The summed E-state index contributed by atoms with van der Waals surface area (Å²) in [4.78, 5) is 24.0. The Balaban J connectivity index is 2.62. The molecular formula is C12H18N2O4. The number of amides is 1. The van der Waals surface area contributed by atoms with Gasteiger partial charge < -0.3 is 14.8 Å². The zero-order valence-electron chi connectivity index (χ0n) is 10.5. The standard InChI is InChI=1S/C12H18N2O4/c1-9(12(16)17)6-14(8-11(15)13-2)7-10-4-3-5-18-10/h3-5,9H,6-8H2,1-2H3,(H,13,15)(H,16,17). The van der Waals surface area contributed by atoms with Crippen molar-refractivity contribution in [1.82, 2.24) is 10.2 Å². The third-order valence-corrected chi connectivity index (χ3v) is 2.56. The smallest absolute Gasteiger partial charge is 0.307 e. The van der Waals surface area contributed by atoms with Gasteiger partial charge in [0.25, 0.3) is 0 Å². The minimum atomic E-state index is -0.878. The van der Waals surface area contributed by atoms with Gasteiger partial charge in [-0.1, -0.05) is 6.92 Å². The van der Waals surface area contributed by atoms with Gasteiger partial charge in [0.15, 0.2) is 0 Å². The summed E-state index contributed by atoms with van der Waals surface area (Å²) < 4.78 is 5.20. The van der Waals surface area contributed by atoms with Crippen LogP contribution in [-0.2, 0) is 16.1 Å². The van der Waals surface area contributed by atoms with E-state index in [-0.39, 0.29) is 12.5 Å². The molecule has 1 heterocycles. The van der Waals surface area contributed by atoms with Crippen LogP contribution in [0.1, 0.15) is 12.7 Å². The minimum Gasteiger partial charge on any atom is -0.481 e. The fourth-order valence-corrected chi connectivity index (χ4v) is 1.56. The third kappa shape index (κ3) is 4.58. The molecule has 1 atom stereocenters. The number of nitrogens with zero attached hydrogens (tertiary/aromatic N) is 1. The molecule has 6 nitrogen and oxygen atoms in total. The fourth-order valence-electron chi connectivity index (χ4n) is 1.56. The normalized spacial score (nSPS) is 12.4. The first-order valence-corrected chi connectivity index (χ1v) is 5.71. The second kappa shape index (κ2) is 6.80. The van der Waals surface area contributed by atoms with Crippen LogP contribution in [0.5, 0.6) is 0 Å². The highest BCUT2D eigenvalue weighted by Gasteiger charge is 2.19. The van der Waals surface area contributed by atoms with Gasteiger partial charge in [-0.15, -0.1) is 0 Å². The molecule has 1 aromatic heterocycles. The largest absolute Gasteiger partial charge is 0.481 e. The number of carbonyl (C=O) groups excluding carboxylic acids is 1.